The van der Waals surface area contributed by atoms with Gasteiger partial charge in [-0.25, -0.2) is 13.6 Å². The van der Waals surface area contributed by atoms with Crippen molar-refractivity contribution in [2.45, 2.75) is 18.9 Å². The first-order valence-corrected chi connectivity index (χ1v) is 7.59. The van der Waals surface area contributed by atoms with Gasteiger partial charge in [0.1, 0.15) is 11.6 Å². The summed E-state index contributed by atoms with van der Waals surface area (Å²) in [7, 11) is 0. The minimum Gasteiger partial charge on any atom is -0.317 e. The zero-order chi connectivity index (χ0) is 14.8. The van der Waals surface area contributed by atoms with Gasteiger partial charge in [0.2, 0.25) is 0 Å². The zero-order valence-corrected chi connectivity index (χ0v) is 12.0. The van der Waals surface area contributed by atoms with E-state index in [1.54, 1.807) is 16.2 Å². The standard InChI is InChI=1S/C15H14F2N2OS/c16-10-5-6-12(11(17)9-10)18-15(20)19-7-1-3-13(19)14-4-2-8-21-14/h2,4-6,8-9,13H,1,3,7H2,(H,18,20). The van der Waals surface area contributed by atoms with Crippen LogP contribution in [0.5, 0.6) is 0 Å². The van der Waals surface area contributed by atoms with Crippen molar-refractivity contribution in [3.63, 3.8) is 0 Å². The molecule has 6 heteroatoms. The highest BCUT2D eigenvalue weighted by atomic mass is 32.1. The van der Waals surface area contributed by atoms with Gasteiger partial charge in [-0.15, -0.1) is 11.3 Å². The largest absolute Gasteiger partial charge is 0.322 e. The lowest BCUT2D eigenvalue weighted by Gasteiger charge is -2.24. The van der Waals surface area contributed by atoms with Gasteiger partial charge in [-0.2, -0.15) is 0 Å². The Bertz CT molecular complexity index is 645. The summed E-state index contributed by atoms with van der Waals surface area (Å²) in [5.74, 6) is -1.43. The van der Waals surface area contributed by atoms with Crippen LogP contribution < -0.4 is 5.32 Å². The molecule has 3 nitrogen and oxygen atoms in total. The van der Waals surface area contributed by atoms with E-state index >= 15 is 0 Å². The maximum Gasteiger partial charge on any atom is 0.322 e. The maximum absolute atomic E-state index is 13.6. The first-order valence-electron chi connectivity index (χ1n) is 6.71. The Morgan fingerprint density at radius 2 is 2.19 bits per heavy atom. The van der Waals surface area contributed by atoms with Crippen LogP contribution in [-0.2, 0) is 0 Å². The number of benzene rings is 1. The molecule has 0 bridgehead atoms. The number of nitrogens with zero attached hydrogens (tertiary/aromatic N) is 1. The molecular formula is C15H14F2N2OS. The SMILES string of the molecule is O=C(Nc1ccc(F)cc1F)N1CCCC1c1cccs1. The molecule has 1 aliphatic heterocycles. The summed E-state index contributed by atoms with van der Waals surface area (Å²) in [6.07, 6.45) is 1.82. The van der Waals surface area contributed by atoms with Gasteiger partial charge >= 0.3 is 6.03 Å². The molecule has 110 valence electrons. The van der Waals surface area contributed by atoms with E-state index in [1.165, 1.54) is 6.07 Å². The molecule has 1 atom stereocenters. The Morgan fingerprint density at radius 1 is 1.33 bits per heavy atom. The molecule has 21 heavy (non-hydrogen) atoms. The smallest absolute Gasteiger partial charge is 0.317 e. The summed E-state index contributed by atoms with van der Waals surface area (Å²) in [6.45, 7) is 0.636. The van der Waals surface area contributed by atoms with Crippen molar-refractivity contribution in [2.24, 2.45) is 0 Å². The molecule has 3 rings (SSSR count). The second kappa shape index (κ2) is 5.81. The van der Waals surface area contributed by atoms with Crippen LogP contribution >= 0.6 is 11.3 Å². The number of anilines is 1. The number of rotatable bonds is 2. The highest BCUT2D eigenvalue weighted by Crippen LogP contribution is 2.34. The molecule has 2 aromatic rings. The number of likely N-dealkylation sites (tertiary alicyclic amines) is 1. The molecule has 1 N–H and O–H groups in total. The van der Waals surface area contributed by atoms with E-state index in [4.69, 9.17) is 0 Å². The minimum atomic E-state index is -0.768. The van der Waals surface area contributed by atoms with E-state index < -0.39 is 11.6 Å². The highest BCUT2D eigenvalue weighted by Gasteiger charge is 2.30. The molecule has 1 fully saturated rings. The number of halogens is 2. The normalized spacial score (nSPS) is 18.0. The minimum absolute atomic E-state index is 0.00164. The molecule has 0 radical (unpaired) electrons. The third kappa shape index (κ3) is 2.90. The van der Waals surface area contributed by atoms with Crippen LogP contribution in [-0.4, -0.2) is 17.5 Å². The second-order valence-corrected chi connectivity index (χ2v) is 5.90. The topological polar surface area (TPSA) is 32.3 Å². The Morgan fingerprint density at radius 3 is 2.90 bits per heavy atom. The number of amides is 2. The lowest BCUT2D eigenvalue weighted by Crippen LogP contribution is -2.34. The Kier molecular flexibility index (Phi) is 3.88. The van der Waals surface area contributed by atoms with Crippen LogP contribution in [0.3, 0.4) is 0 Å². The van der Waals surface area contributed by atoms with E-state index in [2.05, 4.69) is 5.32 Å². The average molecular weight is 308 g/mol. The predicted octanol–water partition coefficient (Wildman–Crippen LogP) is 4.40. The first kappa shape index (κ1) is 14.0. The Hall–Kier alpha value is -1.95. The van der Waals surface area contributed by atoms with Gasteiger partial charge in [-0.1, -0.05) is 6.07 Å². The fourth-order valence-electron chi connectivity index (χ4n) is 2.56. The number of nitrogens with one attached hydrogen (secondary N) is 1. The van der Waals surface area contributed by atoms with Crippen molar-refractivity contribution in [1.82, 2.24) is 4.90 Å². The molecule has 1 aliphatic rings. The van der Waals surface area contributed by atoms with Crippen LogP contribution in [0.1, 0.15) is 23.8 Å². The molecule has 0 aliphatic carbocycles. The quantitative estimate of drug-likeness (QED) is 0.876. The van der Waals surface area contributed by atoms with E-state index in [-0.39, 0.29) is 17.8 Å². The van der Waals surface area contributed by atoms with Crippen molar-refractivity contribution in [3.05, 3.63) is 52.2 Å². The lowest BCUT2D eigenvalue weighted by atomic mass is 10.2. The fraction of sp³-hybridized carbons (Fsp3) is 0.267. The summed E-state index contributed by atoms with van der Waals surface area (Å²) in [5, 5.41) is 4.50. The van der Waals surface area contributed by atoms with Crippen molar-refractivity contribution < 1.29 is 13.6 Å². The summed E-state index contributed by atoms with van der Waals surface area (Å²) >= 11 is 1.61. The molecule has 1 aromatic heterocycles. The number of thiophene rings is 1. The predicted molar refractivity (Wildman–Crippen MR) is 78.4 cm³/mol. The molecule has 2 amide bonds. The van der Waals surface area contributed by atoms with Crippen LogP contribution in [0.4, 0.5) is 19.3 Å². The van der Waals surface area contributed by atoms with E-state index in [1.807, 2.05) is 17.5 Å². The molecule has 0 spiro atoms. The third-order valence-electron chi connectivity index (χ3n) is 3.56. The lowest BCUT2D eigenvalue weighted by molar-refractivity contribution is 0.207. The molecule has 0 saturated carbocycles. The number of carbonyl (C=O) groups excluding carboxylic acids is 1. The van der Waals surface area contributed by atoms with Crippen molar-refractivity contribution in [2.75, 3.05) is 11.9 Å². The number of hydrogen-bond donors (Lipinski definition) is 1. The van der Waals surface area contributed by atoms with E-state index in [0.717, 1.165) is 29.9 Å². The summed E-state index contributed by atoms with van der Waals surface area (Å²) in [5.41, 5.74) is -0.00164. The number of urea groups is 1. The van der Waals surface area contributed by atoms with Gasteiger partial charge in [0.25, 0.3) is 0 Å². The van der Waals surface area contributed by atoms with Gasteiger partial charge < -0.3 is 10.2 Å². The summed E-state index contributed by atoms with van der Waals surface area (Å²) in [4.78, 5) is 15.1. The molecule has 2 heterocycles. The van der Waals surface area contributed by atoms with Gasteiger partial charge in [-0.05, 0) is 36.4 Å². The van der Waals surface area contributed by atoms with Gasteiger partial charge in [0.05, 0.1) is 11.7 Å². The molecule has 1 aromatic carbocycles. The molecular weight excluding hydrogens is 294 g/mol. The third-order valence-corrected chi connectivity index (χ3v) is 4.53. The Labute approximate surface area is 125 Å². The van der Waals surface area contributed by atoms with E-state index in [0.29, 0.717) is 6.54 Å². The van der Waals surface area contributed by atoms with E-state index in [9.17, 15) is 13.6 Å². The van der Waals surface area contributed by atoms with Crippen LogP contribution in [0.2, 0.25) is 0 Å². The number of carbonyl (C=O) groups is 1. The average Bonchev–Trinajstić information content (AvgIpc) is 3.10. The van der Waals surface area contributed by atoms with Crippen molar-refractivity contribution in [3.8, 4) is 0 Å². The monoisotopic (exact) mass is 308 g/mol. The van der Waals surface area contributed by atoms with Gasteiger partial charge in [0, 0.05) is 17.5 Å². The van der Waals surface area contributed by atoms with Crippen LogP contribution in [0.15, 0.2) is 35.7 Å². The zero-order valence-electron chi connectivity index (χ0n) is 11.2. The van der Waals surface area contributed by atoms with Crippen LogP contribution in [0, 0.1) is 11.6 Å². The van der Waals surface area contributed by atoms with Crippen molar-refractivity contribution >= 4 is 23.1 Å². The maximum atomic E-state index is 13.6. The number of hydrogen-bond acceptors (Lipinski definition) is 2. The van der Waals surface area contributed by atoms with Gasteiger partial charge in [-0.3, -0.25) is 0 Å². The first-order chi connectivity index (χ1) is 10.1. The molecule has 1 unspecified atom stereocenters. The Balaban J connectivity index is 1.75. The van der Waals surface area contributed by atoms with Crippen molar-refractivity contribution in [1.29, 1.82) is 0 Å². The fourth-order valence-corrected chi connectivity index (χ4v) is 3.44. The second-order valence-electron chi connectivity index (χ2n) is 4.92. The van der Waals surface area contributed by atoms with Gasteiger partial charge in [0.15, 0.2) is 0 Å². The molecule has 1 saturated heterocycles. The summed E-state index contributed by atoms with van der Waals surface area (Å²) < 4.78 is 26.5. The highest BCUT2D eigenvalue weighted by molar-refractivity contribution is 7.10. The van der Waals surface area contributed by atoms with Crippen LogP contribution in [0.25, 0.3) is 0 Å². The summed E-state index contributed by atoms with van der Waals surface area (Å²) in [6, 6.07) is 6.76.